The number of rotatable bonds is 5. The number of amides is 1. The van der Waals surface area contributed by atoms with Gasteiger partial charge in [0, 0.05) is 20.2 Å². The second-order valence-corrected chi connectivity index (χ2v) is 10.2. The number of benzene rings is 1. The van der Waals surface area contributed by atoms with Gasteiger partial charge in [-0.1, -0.05) is 23.8 Å². The van der Waals surface area contributed by atoms with Crippen LogP contribution in [0.5, 0.6) is 0 Å². The zero-order chi connectivity index (χ0) is 20.5. The Morgan fingerprint density at radius 3 is 2.75 bits per heavy atom. The van der Waals surface area contributed by atoms with Crippen LogP contribution >= 0.6 is 11.3 Å². The van der Waals surface area contributed by atoms with Crippen molar-refractivity contribution in [1.82, 2.24) is 8.87 Å². The van der Waals surface area contributed by atoms with Gasteiger partial charge in [-0.05, 0) is 43.9 Å². The van der Waals surface area contributed by atoms with Crippen LogP contribution in [0.4, 0.5) is 0 Å². The van der Waals surface area contributed by atoms with Crippen LogP contribution in [0.1, 0.15) is 30.4 Å². The predicted molar refractivity (Wildman–Crippen MR) is 111 cm³/mol. The number of carbonyl (C=O) groups excluding carboxylic acids is 1. The first-order chi connectivity index (χ1) is 13.2. The van der Waals surface area contributed by atoms with E-state index >= 15 is 0 Å². The minimum Gasteiger partial charge on any atom is -0.383 e. The average Bonchev–Trinajstić information content (AvgIpc) is 2.96. The molecular weight excluding hydrogens is 398 g/mol. The van der Waals surface area contributed by atoms with Crippen LogP contribution in [-0.2, 0) is 26.1 Å². The first kappa shape index (κ1) is 21.2. The van der Waals surface area contributed by atoms with E-state index in [0.29, 0.717) is 30.9 Å². The maximum absolute atomic E-state index is 13.0. The summed E-state index contributed by atoms with van der Waals surface area (Å²) in [5.74, 6) is -0.391. The first-order valence-corrected chi connectivity index (χ1v) is 12.0. The zero-order valence-corrected chi connectivity index (χ0v) is 18.4. The summed E-state index contributed by atoms with van der Waals surface area (Å²) >= 11 is 1.46. The third kappa shape index (κ3) is 4.37. The molecule has 0 saturated carbocycles. The summed E-state index contributed by atoms with van der Waals surface area (Å²) in [7, 11) is -1.81. The first-order valence-electron chi connectivity index (χ1n) is 9.37. The maximum Gasteiger partial charge on any atom is 0.266 e. The van der Waals surface area contributed by atoms with Crippen molar-refractivity contribution in [2.75, 3.05) is 26.5 Å². The number of nitrogens with zero attached hydrogens (tertiary/aromatic N) is 3. The number of ether oxygens (including phenoxy) is 1. The molecule has 0 spiro atoms. The van der Waals surface area contributed by atoms with E-state index in [0.717, 1.165) is 40.4 Å². The third-order valence-corrected chi connectivity index (χ3v) is 7.52. The number of fused-ring (bicyclic) bond motifs is 1. The number of aryl methyl sites for hydroxylation is 2. The van der Waals surface area contributed by atoms with Crippen molar-refractivity contribution in [3.63, 3.8) is 0 Å². The summed E-state index contributed by atoms with van der Waals surface area (Å²) in [6, 6.07) is 3.48. The monoisotopic (exact) mass is 425 g/mol. The van der Waals surface area contributed by atoms with E-state index in [-0.39, 0.29) is 0 Å². The topological polar surface area (TPSA) is 81.0 Å². The second-order valence-electron chi connectivity index (χ2n) is 7.29. The van der Waals surface area contributed by atoms with E-state index in [1.807, 2.05) is 18.4 Å². The summed E-state index contributed by atoms with van der Waals surface area (Å²) < 4.78 is 33.8. The number of aromatic nitrogens is 1. The molecule has 1 unspecified atom stereocenters. The molecule has 0 bridgehead atoms. The van der Waals surface area contributed by atoms with Crippen LogP contribution < -0.4 is 4.80 Å². The van der Waals surface area contributed by atoms with E-state index in [9.17, 15) is 13.2 Å². The molecule has 2 heterocycles. The SMILES string of the molecule is COCCn1c(=NC(=O)C2CCCCN2S(C)(=O)=O)sc2c(C)cc(C)cc21. The van der Waals surface area contributed by atoms with Gasteiger partial charge in [0.1, 0.15) is 6.04 Å². The Kier molecular flexibility index (Phi) is 6.38. The molecule has 3 rings (SSSR count). The Balaban J connectivity index is 2.09. The zero-order valence-electron chi connectivity index (χ0n) is 16.8. The number of hydrogen-bond acceptors (Lipinski definition) is 5. The molecule has 28 heavy (non-hydrogen) atoms. The summed E-state index contributed by atoms with van der Waals surface area (Å²) in [5, 5.41) is 0. The summed E-state index contributed by atoms with van der Waals surface area (Å²) in [6.45, 7) is 5.54. The van der Waals surface area contributed by atoms with Crippen LogP contribution in [0.2, 0.25) is 0 Å². The molecule has 1 aliphatic heterocycles. The van der Waals surface area contributed by atoms with Crippen molar-refractivity contribution in [3.8, 4) is 0 Å². The molecule has 0 radical (unpaired) electrons. The fourth-order valence-corrected chi connectivity index (χ4v) is 5.94. The molecule has 0 N–H and O–H groups in total. The van der Waals surface area contributed by atoms with Gasteiger partial charge in [0.25, 0.3) is 5.91 Å². The lowest BCUT2D eigenvalue weighted by Crippen LogP contribution is -2.47. The summed E-state index contributed by atoms with van der Waals surface area (Å²) in [6.07, 6.45) is 3.26. The van der Waals surface area contributed by atoms with Crippen LogP contribution in [0.25, 0.3) is 10.2 Å². The fourth-order valence-electron chi connectivity index (χ4n) is 3.71. The standard InChI is InChI=1S/C19H27N3O4S2/c1-13-11-14(2)17-16(12-13)21(9-10-26-3)19(27-17)20-18(23)15-7-5-6-8-22(15)28(4,24)25/h11-12,15H,5-10H2,1-4H3. The molecule has 1 aliphatic rings. The van der Waals surface area contributed by atoms with Gasteiger partial charge in [-0.3, -0.25) is 4.79 Å². The number of sulfonamides is 1. The molecule has 0 aliphatic carbocycles. The second kappa shape index (κ2) is 8.44. The highest BCUT2D eigenvalue weighted by Gasteiger charge is 2.34. The van der Waals surface area contributed by atoms with Crippen LogP contribution in [0.3, 0.4) is 0 Å². The molecule has 9 heteroatoms. The Morgan fingerprint density at radius 1 is 1.32 bits per heavy atom. The summed E-state index contributed by atoms with van der Waals surface area (Å²) in [4.78, 5) is 17.9. The summed E-state index contributed by atoms with van der Waals surface area (Å²) in [5.41, 5.74) is 3.30. The molecular formula is C19H27N3O4S2. The molecule has 1 aromatic heterocycles. The molecule has 1 saturated heterocycles. The van der Waals surface area contributed by atoms with Crippen LogP contribution in [0.15, 0.2) is 17.1 Å². The van der Waals surface area contributed by atoms with Crippen molar-refractivity contribution >= 4 is 37.5 Å². The van der Waals surface area contributed by atoms with Crippen molar-refractivity contribution in [1.29, 1.82) is 0 Å². The molecule has 1 atom stereocenters. The van der Waals surface area contributed by atoms with E-state index < -0.39 is 22.0 Å². The fraction of sp³-hybridized carbons (Fsp3) is 0.579. The van der Waals surface area contributed by atoms with Gasteiger partial charge < -0.3 is 9.30 Å². The highest BCUT2D eigenvalue weighted by atomic mass is 32.2. The highest BCUT2D eigenvalue weighted by Crippen LogP contribution is 2.24. The molecule has 1 aromatic carbocycles. The van der Waals surface area contributed by atoms with Gasteiger partial charge in [0.05, 0.1) is 23.1 Å². The quantitative estimate of drug-likeness (QED) is 0.736. The van der Waals surface area contributed by atoms with Crippen molar-refractivity contribution in [2.45, 2.75) is 45.7 Å². The lowest BCUT2D eigenvalue weighted by molar-refractivity contribution is -0.122. The van der Waals surface area contributed by atoms with Gasteiger partial charge in [-0.25, -0.2) is 8.42 Å². The number of piperidine rings is 1. The van der Waals surface area contributed by atoms with E-state index in [4.69, 9.17) is 4.74 Å². The Labute approximate surface area is 169 Å². The van der Waals surface area contributed by atoms with Crippen LogP contribution in [0, 0.1) is 13.8 Å². The van der Waals surface area contributed by atoms with E-state index in [1.54, 1.807) is 7.11 Å². The Hall–Kier alpha value is -1.55. The number of methoxy groups -OCH3 is 1. The lowest BCUT2D eigenvalue weighted by atomic mass is 10.0. The van der Waals surface area contributed by atoms with Crippen molar-refractivity contribution in [3.05, 3.63) is 28.1 Å². The average molecular weight is 426 g/mol. The third-order valence-electron chi connectivity index (χ3n) is 5.00. The van der Waals surface area contributed by atoms with Crippen LogP contribution in [-0.4, -0.2) is 55.8 Å². The van der Waals surface area contributed by atoms with Crippen molar-refractivity contribution < 1.29 is 17.9 Å². The van der Waals surface area contributed by atoms with E-state index in [2.05, 4.69) is 17.1 Å². The molecule has 1 fully saturated rings. The minimum atomic E-state index is -3.44. The smallest absolute Gasteiger partial charge is 0.266 e. The Morgan fingerprint density at radius 2 is 2.07 bits per heavy atom. The lowest BCUT2D eigenvalue weighted by Gasteiger charge is -2.31. The van der Waals surface area contributed by atoms with Gasteiger partial charge in [0.15, 0.2) is 4.80 Å². The van der Waals surface area contributed by atoms with Gasteiger partial charge in [-0.2, -0.15) is 9.30 Å². The highest BCUT2D eigenvalue weighted by molar-refractivity contribution is 7.88. The number of hydrogen-bond donors (Lipinski definition) is 0. The Bertz CT molecular complexity index is 1050. The maximum atomic E-state index is 13.0. The molecule has 7 nitrogen and oxygen atoms in total. The molecule has 2 aromatic rings. The minimum absolute atomic E-state index is 0.374. The van der Waals surface area contributed by atoms with Gasteiger partial charge in [0.2, 0.25) is 10.0 Å². The molecule has 154 valence electrons. The van der Waals surface area contributed by atoms with Crippen molar-refractivity contribution in [2.24, 2.45) is 4.99 Å². The predicted octanol–water partition coefficient (Wildman–Crippen LogP) is 2.21. The normalized spacial score (nSPS) is 19.4. The van der Waals surface area contributed by atoms with E-state index in [1.165, 1.54) is 15.6 Å². The molecule has 1 amide bonds. The number of thiazole rings is 1. The number of carbonyl (C=O) groups is 1. The van der Waals surface area contributed by atoms with Gasteiger partial charge >= 0.3 is 0 Å². The largest absolute Gasteiger partial charge is 0.383 e. The van der Waals surface area contributed by atoms with Gasteiger partial charge in [-0.15, -0.1) is 0 Å².